The van der Waals surface area contributed by atoms with Crippen LogP contribution in [0.4, 0.5) is 13.2 Å². The fraction of sp³-hybridized carbons (Fsp3) is 0.235. The number of hydrogen-bond acceptors (Lipinski definition) is 4. The third kappa shape index (κ3) is 5.61. The lowest BCUT2D eigenvalue weighted by molar-refractivity contribution is -0.138. The minimum absolute atomic E-state index is 0.0537. The molecule has 1 N–H and O–H groups in total. The number of carbonyl (C=O) groups is 1. The van der Waals surface area contributed by atoms with Crippen molar-refractivity contribution in [3.8, 4) is 11.5 Å². The Hall–Kier alpha value is -2.26. The van der Waals surface area contributed by atoms with Crippen LogP contribution in [0.3, 0.4) is 0 Å². The normalized spacial score (nSPS) is 12.0. The van der Waals surface area contributed by atoms with Crippen LogP contribution in [0.15, 0.2) is 41.3 Å². The molecule has 0 radical (unpaired) electrons. The smallest absolute Gasteiger partial charge is 0.416 e. The molecule has 0 spiro atoms. The molecule has 0 aliphatic heterocycles. The summed E-state index contributed by atoms with van der Waals surface area (Å²) in [6.45, 7) is 0. The number of carboxylic acid groups (broad SMARTS) is 1. The summed E-state index contributed by atoms with van der Waals surface area (Å²) in [4.78, 5) is 10.7. The van der Waals surface area contributed by atoms with Crippen molar-refractivity contribution in [3.63, 3.8) is 0 Å². The molecule has 0 heterocycles. The first-order valence-corrected chi connectivity index (χ1v) is 9.74. The molecule has 0 saturated carbocycles. The van der Waals surface area contributed by atoms with Gasteiger partial charge in [-0.2, -0.15) is 13.2 Å². The summed E-state index contributed by atoms with van der Waals surface area (Å²) in [5.41, 5.74) is -0.728. The van der Waals surface area contributed by atoms with E-state index in [1.54, 1.807) is 0 Å². The Labute approximate surface area is 158 Å². The summed E-state index contributed by atoms with van der Waals surface area (Å²) in [6, 6.07) is 6.27. The van der Waals surface area contributed by atoms with Crippen molar-refractivity contribution < 1.29 is 36.2 Å². The van der Waals surface area contributed by atoms with Crippen LogP contribution in [0, 0.1) is 0 Å². The van der Waals surface area contributed by atoms with Gasteiger partial charge in [-0.05, 0) is 42.3 Å². The summed E-state index contributed by atoms with van der Waals surface area (Å²) in [5.74, 6) is -1.38. The highest BCUT2D eigenvalue weighted by molar-refractivity contribution is 7.90. The van der Waals surface area contributed by atoms with E-state index >= 15 is 0 Å². The molecule has 0 saturated heterocycles. The third-order valence-corrected chi connectivity index (χ3v) is 4.96. The number of aliphatic carboxylic acids is 1. The van der Waals surface area contributed by atoms with Gasteiger partial charge in [-0.25, -0.2) is 8.42 Å². The number of halogens is 4. The van der Waals surface area contributed by atoms with E-state index < -0.39 is 27.5 Å². The van der Waals surface area contributed by atoms with Crippen molar-refractivity contribution in [3.05, 3.63) is 52.5 Å². The van der Waals surface area contributed by atoms with Crippen LogP contribution in [0.25, 0.3) is 0 Å². The highest BCUT2D eigenvalue weighted by Crippen LogP contribution is 2.37. The second-order valence-corrected chi connectivity index (χ2v) is 8.10. The van der Waals surface area contributed by atoms with E-state index in [-0.39, 0.29) is 39.8 Å². The number of rotatable bonds is 6. The van der Waals surface area contributed by atoms with Gasteiger partial charge in [0, 0.05) is 12.7 Å². The average molecular weight is 423 g/mol. The highest BCUT2D eigenvalue weighted by Gasteiger charge is 2.31. The lowest BCUT2D eigenvalue weighted by atomic mass is 10.1. The summed E-state index contributed by atoms with van der Waals surface area (Å²) < 4.78 is 67.4. The summed E-state index contributed by atoms with van der Waals surface area (Å²) >= 11 is 5.99. The van der Waals surface area contributed by atoms with Crippen molar-refractivity contribution in [2.75, 3.05) is 6.26 Å². The zero-order chi connectivity index (χ0) is 20.4. The van der Waals surface area contributed by atoms with E-state index in [0.29, 0.717) is 0 Å². The minimum atomic E-state index is -4.62. The predicted molar refractivity (Wildman–Crippen MR) is 92.0 cm³/mol. The SMILES string of the molecule is CS(=O)(=O)c1ccc(Oc2cc(C(F)(F)F)ccc2CCC(=O)O)c(Cl)c1. The first kappa shape index (κ1) is 21.0. The van der Waals surface area contributed by atoms with E-state index in [0.717, 1.165) is 30.5 Å². The molecule has 0 aliphatic carbocycles. The number of hydrogen-bond donors (Lipinski definition) is 1. The molecule has 0 fully saturated rings. The molecule has 0 aromatic heterocycles. The molecule has 2 aromatic carbocycles. The Balaban J connectivity index is 2.44. The fourth-order valence-electron chi connectivity index (χ4n) is 2.19. The van der Waals surface area contributed by atoms with Crippen LogP contribution in [-0.2, 0) is 27.2 Å². The van der Waals surface area contributed by atoms with Gasteiger partial charge >= 0.3 is 12.1 Å². The van der Waals surface area contributed by atoms with E-state index in [1.807, 2.05) is 0 Å². The van der Waals surface area contributed by atoms with Gasteiger partial charge in [-0.3, -0.25) is 4.79 Å². The molecule has 2 rings (SSSR count). The van der Waals surface area contributed by atoms with E-state index in [1.165, 1.54) is 12.1 Å². The second kappa shape index (κ2) is 7.77. The van der Waals surface area contributed by atoms with Crippen LogP contribution >= 0.6 is 11.6 Å². The quantitative estimate of drug-likeness (QED) is 0.737. The largest absolute Gasteiger partial charge is 0.481 e. The first-order chi connectivity index (χ1) is 12.4. The standard InChI is InChI=1S/C17H14ClF3O5S/c1-27(24,25)12-5-6-14(13(18)9-12)26-15-8-11(17(19,20)21)4-2-10(15)3-7-16(22)23/h2,4-6,8-9H,3,7H2,1H3,(H,22,23). The van der Waals surface area contributed by atoms with Crippen LogP contribution in [0.2, 0.25) is 5.02 Å². The van der Waals surface area contributed by atoms with Crippen molar-refractivity contribution in [2.45, 2.75) is 23.9 Å². The van der Waals surface area contributed by atoms with Crippen LogP contribution in [0.5, 0.6) is 11.5 Å². The Morgan fingerprint density at radius 3 is 2.33 bits per heavy atom. The predicted octanol–water partition coefficient (Wildman–Crippen LogP) is 4.57. The molecular weight excluding hydrogens is 409 g/mol. The molecular formula is C17H14ClF3O5S. The molecule has 0 aliphatic rings. The maximum absolute atomic E-state index is 13.0. The summed E-state index contributed by atoms with van der Waals surface area (Å²) in [7, 11) is -3.52. The van der Waals surface area contributed by atoms with Crippen molar-refractivity contribution >= 4 is 27.4 Å². The zero-order valence-corrected chi connectivity index (χ0v) is 15.5. The molecule has 27 heavy (non-hydrogen) atoms. The monoisotopic (exact) mass is 422 g/mol. The molecule has 0 amide bonds. The van der Waals surface area contributed by atoms with Crippen molar-refractivity contribution in [1.82, 2.24) is 0 Å². The van der Waals surface area contributed by atoms with E-state index in [4.69, 9.17) is 21.4 Å². The van der Waals surface area contributed by atoms with Gasteiger partial charge in [0.05, 0.1) is 15.5 Å². The fourth-order valence-corrected chi connectivity index (χ4v) is 3.12. The number of alkyl halides is 3. The van der Waals surface area contributed by atoms with Gasteiger partial charge in [-0.15, -0.1) is 0 Å². The van der Waals surface area contributed by atoms with Gasteiger partial charge in [-0.1, -0.05) is 17.7 Å². The Morgan fingerprint density at radius 2 is 1.81 bits per heavy atom. The van der Waals surface area contributed by atoms with Crippen molar-refractivity contribution in [1.29, 1.82) is 0 Å². The summed E-state index contributed by atoms with van der Waals surface area (Å²) in [6.07, 6.45) is -3.99. The molecule has 0 bridgehead atoms. The van der Waals surface area contributed by atoms with E-state index in [2.05, 4.69) is 0 Å². The number of aryl methyl sites for hydroxylation is 1. The molecule has 5 nitrogen and oxygen atoms in total. The Kier molecular flexibility index (Phi) is 6.06. The van der Waals surface area contributed by atoms with Gasteiger partial charge in [0.15, 0.2) is 9.84 Å². The lowest BCUT2D eigenvalue weighted by Gasteiger charge is -2.15. The number of sulfone groups is 1. The van der Waals surface area contributed by atoms with Crippen molar-refractivity contribution in [2.24, 2.45) is 0 Å². The molecule has 10 heteroatoms. The van der Waals surface area contributed by atoms with Gasteiger partial charge in [0.1, 0.15) is 11.5 Å². The van der Waals surface area contributed by atoms with Gasteiger partial charge in [0.2, 0.25) is 0 Å². The summed E-state index contributed by atoms with van der Waals surface area (Å²) in [5, 5.41) is 8.68. The first-order valence-electron chi connectivity index (χ1n) is 7.47. The number of benzene rings is 2. The lowest BCUT2D eigenvalue weighted by Crippen LogP contribution is -2.07. The molecule has 146 valence electrons. The number of carboxylic acids is 1. The maximum atomic E-state index is 13.0. The highest BCUT2D eigenvalue weighted by atomic mass is 35.5. The molecule has 2 aromatic rings. The average Bonchev–Trinajstić information content (AvgIpc) is 2.53. The van der Waals surface area contributed by atoms with Gasteiger partial charge in [0.25, 0.3) is 0 Å². The minimum Gasteiger partial charge on any atom is -0.481 e. The topological polar surface area (TPSA) is 80.7 Å². The Bertz CT molecular complexity index is 971. The Morgan fingerprint density at radius 1 is 1.15 bits per heavy atom. The maximum Gasteiger partial charge on any atom is 0.416 e. The van der Waals surface area contributed by atoms with Gasteiger partial charge < -0.3 is 9.84 Å². The third-order valence-electron chi connectivity index (χ3n) is 3.55. The zero-order valence-electron chi connectivity index (χ0n) is 13.9. The number of ether oxygens (including phenoxy) is 1. The molecule has 0 atom stereocenters. The van der Waals surface area contributed by atoms with Crippen LogP contribution in [-0.4, -0.2) is 25.7 Å². The van der Waals surface area contributed by atoms with E-state index in [9.17, 15) is 26.4 Å². The molecule has 0 unspecified atom stereocenters. The van der Waals surface area contributed by atoms with Crippen LogP contribution in [0.1, 0.15) is 17.5 Å². The second-order valence-electron chi connectivity index (χ2n) is 5.68. The van der Waals surface area contributed by atoms with Crippen LogP contribution < -0.4 is 4.74 Å².